The van der Waals surface area contributed by atoms with Gasteiger partial charge < -0.3 is 20.7 Å². The van der Waals surface area contributed by atoms with Gasteiger partial charge in [-0.15, -0.1) is 12.4 Å². The summed E-state index contributed by atoms with van der Waals surface area (Å²) in [4.78, 5) is 23.7. The smallest absolute Gasteiger partial charge is 0.243 e. The van der Waals surface area contributed by atoms with Gasteiger partial charge >= 0.3 is 0 Å². The lowest BCUT2D eigenvalue weighted by Crippen LogP contribution is -2.33. The number of benzene rings is 1. The molecule has 0 unspecified atom stereocenters. The van der Waals surface area contributed by atoms with Gasteiger partial charge in [0.2, 0.25) is 11.8 Å². The Hall–Kier alpha value is -1.79. The second kappa shape index (κ2) is 11.7. The average Bonchev–Trinajstić information content (AvgIpc) is 2.61. The van der Waals surface area contributed by atoms with Crippen LogP contribution in [-0.2, 0) is 9.59 Å². The van der Waals surface area contributed by atoms with Crippen LogP contribution in [0.4, 0.5) is 5.69 Å². The van der Waals surface area contributed by atoms with E-state index in [1.54, 1.807) is 24.3 Å². The Labute approximate surface area is 155 Å². The quantitative estimate of drug-likeness (QED) is 0.657. The number of anilines is 1. The maximum atomic E-state index is 11.9. The third-order valence-corrected chi connectivity index (χ3v) is 4.13. The molecule has 2 amide bonds. The molecule has 1 aromatic rings. The molecule has 1 aliphatic rings. The molecule has 0 spiro atoms. The lowest BCUT2D eigenvalue weighted by atomic mass is 9.93. The zero-order valence-electron chi connectivity index (χ0n) is 14.7. The Morgan fingerprint density at radius 2 is 1.84 bits per heavy atom. The van der Waals surface area contributed by atoms with Crippen molar-refractivity contribution in [3.63, 3.8) is 0 Å². The maximum Gasteiger partial charge on any atom is 0.243 e. The molecule has 1 aliphatic heterocycles. The van der Waals surface area contributed by atoms with Gasteiger partial charge in [-0.1, -0.05) is 0 Å². The number of nitrogens with one attached hydrogen (secondary N) is 3. The third-order valence-electron chi connectivity index (χ3n) is 4.13. The first-order valence-corrected chi connectivity index (χ1v) is 8.67. The van der Waals surface area contributed by atoms with Crippen LogP contribution in [0.15, 0.2) is 24.3 Å². The van der Waals surface area contributed by atoms with Crippen LogP contribution in [0, 0.1) is 5.92 Å². The second-order valence-electron chi connectivity index (χ2n) is 6.01. The first-order valence-electron chi connectivity index (χ1n) is 8.67. The van der Waals surface area contributed by atoms with Crippen molar-refractivity contribution in [3.05, 3.63) is 24.3 Å². The Morgan fingerprint density at radius 3 is 2.48 bits per heavy atom. The molecule has 1 saturated heterocycles. The van der Waals surface area contributed by atoms with E-state index in [-0.39, 0.29) is 30.8 Å². The van der Waals surface area contributed by atoms with E-state index >= 15 is 0 Å². The predicted molar refractivity (Wildman–Crippen MR) is 101 cm³/mol. The summed E-state index contributed by atoms with van der Waals surface area (Å²) in [5.41, 5.74) is 0.687. The number of amides is 2. The Kier molecular flexibility index (Phi) is 9.96. The van der Waals surface area contributed by atoms with Crippen LogP contribution < -0.4 is 20.7 Å². The molecule has 0 radical (unpaired) electrons. The van der Waals surface area contributed by atoms with E-state index < -0.39 is 0 Å². The molecule has 1 fully saturated rings. The van der Waals surface area contributed by atoms with Gasteiger partial charge in [0.15, 0.2) is 0 Å². The third kappa shape index (κ3) is 8.23. The van der Waals surface area contributed by atoms with Crippen molar-refractivity contribution in [2.24, 2.45) is 5.92 Å². The molecule has 2 rings (SSSR count). The summed E-state index contributed by atoms with van der Waals surface area (Å²) >= 11 is 0. The van der Waals surface area contributed by atoms with Crippen molar-refractivity contribution in [3.8, 4) is 5.75 Å². The standard InChI is InChI=1S/C18H27N3O3.ClH/c1-2-24-16-6-4-15(5-7-16)21-18(23)13-20-17(22)8-3-14-9-11-19-12-10-14;/h4-7,14,19H,2-3,8-13H2,1H3,(H,20,22)(H,21,23);1H. The minimum atomic E-state index is -0.227. The number of carbonyl (C=O) groups is 2. The lowest BCUT2D eigenvalue weighted by Gasteiger charge is -2.22. The Balaban J connectivity index is 0.00000312. The molecule has 6 nitrogen and oxygen atoms in total. The number of halogens is 1. The number of rotatable bonds is 8. The highest BCUT2D eigenvalue weighted by atomic mass is 35.5. The first kappa shape index (κ1) is 21.3. The fraction of sp³-hybridized carbons (Fsp3) is 0.556. The number of ether oxygens (including phenoxy) is 1. The van der Waals surface area contributed by atoms with E-state index in [1.807, 2.05) is 6.92 Å². The molecule has 7 heteroatoms. The monoisotopic (exact) mass is 369 g/mol. The molecule has 1 aromatic carbocycles. The van der Waals surface area contributed by atoms with Gasteiger partial charge in [-0.25, -0.2) is 0 Å². The fourth-order valence-corrected chi connectivity index (χ4v) is 2.78. The van der Waals surface area contributed by atoms with Crippen molar-refractivity contribution in [1.29, 1.82) is 0 Å². The lowest BCUT2D eigenvalue weighted by molar-refractivity contribution is -0.124. The largest absolute Gasteiger partial charge is 0.494 e. The van der Waals surface area contributed by atoms with Crippen molar-refractivity contribution in [2.75, 3.05) is 31.6 Å². The molecule has 0 saturated carbocycles. The number of carbonyl (C=O) groups excluding carboxylic acids is 2. The van der Waals surface area contributed by atoms with Crippen LogP contribution in [0.25, 0.3) is 0 Å². The van der Waals surface area contributed by atoms with E-state index in [0.717, 1.165) is 38.1 Å². The molecule has 1 heterocycles. The van der Waals surface area contributed by atoms with Crippen LogP contribution in [-0.4, -0.2) is 38.1 Å². The molecule has 140 valence electrons. The molecule has 0 aliphatic carbocycles. The predicted octanol–water partition coefficient (Wildman–Crippen LogP) is 2.34. The van der Waals surface area contributed by atoms with Crippen LogP contribution >= 0.6 is 12.4 Å². The summed E-state index contributed by atoms with van der Waals surface area (Å²) in [6, 6.07) is 7.16. The zero-order valence-corrected chi connectivity index (χ0v) is 15.5. The molecule has 0 atom stereocenters. The van der Waals surface area contributed by atoms with Gasteiger partial charge in [0, 0.05) is 12.1 Å². The summed E-state index contributed by atoms with van der Waals surface area (Å²) in [7, 11) is 0. The van der Waals surface area contributed by atoms with Crippen LogP contribution in [0.3, 0.4) is 0 Å². The van der Waals surface area contributed by atoms with Crippen molar-refractivity contribution in [1.82, 2.24) is 10.6 Å². The molecule has 0 bridgehead atoms. The zero-order chi connectivity index (χ0) is 17.2. The highest BCUT2D eigenvalue weighted by Crippen LogP contribution is 2.17. The van der Waals surface area contributed by atoms with Crippen LogP contribution in [0.1, 0.15) is 32.6 Å². The fourth-order valence-electron chi connectivity index (χ4n) is 2.78. The van der Waals surface area contributed by atoms with E-state index in [1.165, 1.54) is 0 Å². The van der Waals surface area contributed by atoms with Crippen molar-refractivity contribution < 1.29 is 14.3 Å². The van der Waals surface area contributed by atoms with E-state index in [9.17, 15) is 9.59 Å². The summed E-state index contributed by atoms with van der Waals surface area (Å²) in [5, 5.41) is 8.75. The average molecular weight is 370 g/mol. The number of hydrogen-bond donors (Lipinski definition) is 3. The number of piperidine rings is 1. The molecule has 25 heavy (non-hydrogen) atoms. The van der Waals surface area contributed by atoms with Gasteiger partial charge in [0.25, 0.3) is 0 Å². The van der Waals surface area contributed by atoms with Crippen LogP contribution in [0.2, 0.25) is 0 Å². The van der Waals surface area contributed by atoms with Crippen LogP contribution in [0.5, 0.6) is 5.75 Å². The Morgan fingerprint density at radius 1 is 1.16 bits per heavy atom. The highest BCUT2D eigenvalue weighted by Gasteiger charge is 2.14. The molecular formula is C18H28ClN3O3. The van der Waals surface area contributed by atoms with Crippen molar-refractivity contribution >= 4 is 29.9 Å². The highest BCUT2D eigenvalue weighted by molar-refractivity contribution is 5.94. The van der Waals surface area contributed by atoms with E-state index in [2.05, 4.69) is 16.0 Å². The van der Waals surface area contributed by atoms with Gasteiger partial charge in [-0.05, 0) is 69.5 Å². The topological polar surface area (TPSA) is 79.5 Å². The molecule has 3 N–H and O–H groups in total. The summed E-state index contributed by atoms with van der Waals surface area (Å²) in [6.07, 6.45) is 3.64. The summed E-state index contributed by atoms with van der Waals surface area (Å²) in [6.45, 7) is 4.60. The summed E-state index contributed by atoms with van der Waals surface area (Å²) < 4.78 is 5.35. The minimum absolute atomic E-state index is 0. The second-order valence-corrected chi connectivity index (χ2v) is 6.01. The SMILES string of the molecule is CCOc1ccc(NC(=O)CNC(=O)CCC2CCNCC2)cc1.Cl. The Bertz CT molecular complexity index is 531. The maximum absolute atomic E-state index is 11.9. The van der Waals surface area contributed by atoms with E-state index in [0.29, 0.717) is 24.6 Å². The van der Waals surface area contributed by atoms with Gasteiger partial charge in [-0.3, -0.25) is 9.59 Å². The van der Waals surface area contributed by atoms with Gasteiger partial charge in [-0.2, -0.15) is 0 Å². The van der Waals surface area contributed by atoms with Gasteiger partial charge in [0.1, 0.15) is 5.75 Å². The van der Waals surface area contributed by atoms with Crippen molar-refractivity contribution in [2.45, 2.75) is 32.6 Å². The molecular weight excluding hydrogens is 342 g/mol. The number of hydrogen-bond acceptors (Lipinski definition) is 4. The molecule has 0 aromatic heterocycles. The normalized spacial score (nSPS) is 14.3. The first-order chi connectivity index (χ1) is 11.7. The summed E-state index contributed by atoms with van der Waals surface area (Å²) in [5.74, 6) is 1.10. The van der Waals surface area contributed by atoms with Gasteiger partial charge in [0.05, 0.1) is 13.2 Å². The van der Waals surface area contributed by atoms with E-state index in [4.69, 9.17) is 4.74 Å². The minimum Gasteiger partial charge on any atom is -0.494 e.